The van der Waals surface area contributed by atoms with Gasteiger partial charge in [-0.05, 0) is 37.0 Å². The van der Waals surface area contributed by atoms with Gasteiger partial charge >= 0.3 is 5.97 Å². The van der Waals surface area contributed by atoms with Crippen LogP contribution >= 0.6 is 0 Å². The Morgan fingerprint density at radius 3 is 2.39 bits per heavy atom. The minimum atomic E-state index is -0.980. The van der Waals surface area contributed by atoms with E-state index < -0.39 is 18.2 Å². The third kappa shape index (κ3) is 2.66. The summed E-state index contributed by atoms with van der Waals surface area (Å²) in [4.78, 5) is 22.6. The quantitative estimate of drug-likeness (QED) is 0.773. The van der Waals surface area contributed by atoms with Crippen LogP contribution in [-0.4, -0.2) is 35.7 Å². The predicted octanol–water partition coefficient (Wildman–Crippen LogP) is 1.17. The average Bonchev–Trinajstić information content (AvgIpc) is 2.94. The molecule has 5 nitrogen and oxygen atoms in total. The van der Waals surface area contributed by atoms with Gasteiger partial charge in [-0.1, -0.05) is 13.8 Å². The Hall–Kier alpha value is -1.10. The van der Waals surface area contributed by atoms with E-state index in [-0.39, 0.29) is 11.3 Å². The van der Waals surface area contributed by atoms with Crippen LogP contribution in [0.5, 0.6) is 0 Å². The summed E-state index contributed by atoms with van der Waals surface area (Å²) in [5.74, 6) is -0.578. The zero-order chi connectivity index (χ0) is 13.3. The largest absolute Gasteiger partial charge is 0.479 e. The van der Waals surface area contributed by atoms with Crippen LogP contribution in [0.1, 0.15) is 39.5 Å². The van der Waals surface area contributed by atoms with Crippen molar-refractivity contribution < 1.29 is 19.4 Å². The number of carbonyl (C=O) groups excluding carboxylic acids is 1. The fourth-order valence-electron chi connectivity index (χ4n) is 2.51. The van der Waals surface area contributed by atoms with Crippen LogP contribution in [0, 0.1) is 11.3 Å². The van der Waals surface area contributed by atoms with Gasteiger partial charge in [0.25, 0.3) is 0 Å². The van der Waals surface area contributed by atoms with Crippen LogP contribution < -0.4 is 5.32 Å². The van der Waals surface area contributed by atoms with Crippen molar-refractivity contribution in [2.75, 3.05) is 6.54 Å². The minimum Gasteiger partial charge on any atom is -0.479 e. The molecular formula is C13H21NO4. The monoisotopic (exact) mass is 255 g/mol. The molecule has 0 aromatic carbocycles. The van der Waals surface area contributed by atoms with E-state index in [1.54, 1.807) is 0 Å². The topological polar surface area (TPSA) is 75.6 Å². The van der Waals surface area contributed by atoms with Crippen molar-refractivity contribution in [2.45, 2.75) is 51.7 Å². The molecule has 2 unspecified atom stereocenters. The van der Waals surface area contributed by atoms with Gasteiger partial charge in [-0.2, -0.15) is 0 Å². The second-order valence-electron chi connectivity index (χ2n) is 5.76. The maximum Gasteiger partial charge on any atom is 0.332 e. The Bertz CT molecular complexity index is 349. The number of hydrogen-bond donors (Lipinski definition) is 2. The molecule has 1 saturated heterocycles. The Kier molecular flexibility index (Phi) is 3.61. The summed E-state index contributed by atoms with van der Waals surface area (Å²) in [5, 5.41) is 11.7. The molecule has 2 aliphatic rings. The standard InChI is InChI=1S/C13H21NO4/c1-8(2)13(5-6-13)7-14-11(15)9-3-4-10(18-9)12(16)17/h8-10H,3-7H2,1-2H3,(H,14,15)(H,16,17). The van der Waals surface area contributed by atoms with Crippen molar-refractivity contribution in [1.29, 1.82) is 0 Å². The van der Waals surface area contributed by atoms with E-state index in [4.69, 9.17) is 9.84 Å². The average molecular weight is 255 g/mol. The van der Waals surface area contributed by atoms with Gasteiger partial charge in [0.2, 0.25) is 5.91 Å². The molecule has 2 N–H and O–H groups in total. The lowest BCUT2D eigenvalue weighted by Crippen LogP contribution is -2.39. The maximum atomic E-state index is 11.9. The molecule has 2 rings (SSSR count). The van der Waals surface area contributed by atoms with Crippen LogP contribution in [-0.2, 0) is 14.3 Å². The first-order chi connectivity index (χ1) is 8.44. The second-order valence-corrected chi connectivity index (χ2v) is 5.76. The molecule has 1 saturated carbocycles. The van der Waals surface area contributed by atoms with Crippen molar-refractivity contribution in [2.24, 2.45) is 11.3 Å². The van der Waals surface area contributed by atoms with Crippen molar-refractivity contribution in [3.8, 4) is 0 Å². The highest BCUT2D eigenvalue weighted by Gasteiger charge is 2.46. The van der Waals surface area contributed by atoms with Crippen molar-refractivity contribution in [3.05, 3.63) is 0 Å². The van der Waals surface area contributed by atoms with Crippen molar-refractivity contribution >= 4 is 11.9 Å². The molecule has 0 aromatic heterocycles. The molecule has 2 atom stereocenters. The highest BCUT2D eigenvalue weighted by Crippen LogP contribution is 2.51. The van der Waals surface area contributed by atoms with Crippen molar-refractivity contribution in [1.82, 2.24) is 5.32 Å². The van der Waals surface area contributed by atoms with Crippen LogP contribution in [0.3, 0.4) is 0 Å². The lowest BCUT2D eigenvalue weighted by atomic mass is 9.92. The molecule has 1 aliphatic heterocycles. The first-order valence-electron chi connectivity index (χ1n) is 6.60. The molecule has 2 fully saturated rings. The van der Waals surface area contributed by atoms with E-state index in [0.717, 1.165) is 12.8 Å². The van der Waals surface area contributed by atoms with E-state index in [2.05, 4.69) is 19.2 Å². The van der Waals surface area contributed by atoms with E-state index in [1.807, 2.05) is 0 Å². The molecule has 0 aromatic rings. The van der Waals surface area contributed by atoms with Gasteiger partial charge in [0.1, 0.15) is 6.10 Å². The molecular weight excluding hydrogens is 234 g/mol. The minimum absolute atomic E-state index is 0.161. The van der Waals surface area contributed by atoms with Gasteiger partial charge in [0.05, 0.1) is 0 Å². The summed E-state index contributed by atoms with van der Waals surface area (Å²) in [7, 11) is 0. The SMILES string of the molecule is CC(C)C1(CNC(=O)C2CCC(C(=O)O)O2)CC1. The van der Waals surface area contributed by atoms with Crippen LogP contribution in [0.4, 0.5) is 0 Å². The number of carboxylic acids is 1. The summed E-state index contributed by atoms with van der Waals surface area (Å²) in [6, 6.07) is 0. The van der Waals surface area contributed by atoms with Gasteiger partial charge in [-0.25, -0.2) is 4.79 Å². The molecule has 1 amide bonds. The summed E-state index contributed by atoms with van der Waals surface area (Å²) < 4.78 is 5.22. The normalized spacial score (nSPS) is 29.3. The van der Waals surface area contributed by atoms with Crippen LogP contribution in [0.15, 0.2) is 0 Å². The molecule has 102 valence electrons. The first-order valence-corrected chi connectivity index (χ1v) is 6.60. The lowest BCUT2D eigenvalue weighted by molar-refractivity contribution is -0.151. The molecule has 1 heterocycles. The fourth-order valence-corrected chi connectivity index (χ4v) is 2.51. The molecule has 0 bridgehead atoms. The lowest BCUT2D eigenvalue weighted by Gasteiger charge is -2.21. The molecule has 1 aliphatic carbocycles. The number of carboxylic acid groups (broad SMARTS) is 1. The second kappa shape index (κ2) is 4.88. The highest BCUT2D eigenvalue weighted by atomic mass is 16.5. The Morgan fingerprint density at radius 2 is 1.94 bits per heavy atom. The van der Waals surface area contributed by atoms with Crippen LogP contribution in [0.2, 0.25) is 0 Å². The Labute approximate surface area is 107 Å². The zero-order valence-electron chi connectivity index (χ0n) is 10.9. The van der Waals surface area contributed by atoms with Gasteiger partial charge in [-0.15, -0.1) is 0 Å². The molecule has 18 heavy (non-hydrogen) atoms. The highest BCUT2D eigenvalue weighted by molar-refractivity contribution is 5.82. The van der Waals surface area contributed by atoms with Gasteiger partial charge < -0.3 is 15.2 Å². The van der Waals surface area contributed by atoms with E-state index >= 15 is 0 Å². The summed E-state index contributed by atoms with van der Waals surface area (Å²) in [6.07, 6.45) is 1.83. The summed E-state index contributed by atoms with van der Waals surface area (Å²) >= 11 is 0. The Balaban J connectivity index is 1.78. The van der Waals surface area contributed by atoms with Crippen LogP contribution in [0.25, 0.3) is 0 Å². The smallest absolute Gasteiger partial charge is 0.332 e. The number of amides is 1. The van der Waals surface area contributed by atoms with E-state index in [9.17, 15) is 9.59 Å². The Morgan fingerprint density at radius 1 is 1.33 bits per heavy atom. The van der Waals surface area contributed by atoms with E-state index in [1.165, 1.54) is 0 Å². The van der Waals surface area contributed by atoms with Gasteiger partial charge in [0.15, 0.2) is 6.10 Å². The summed E-state index contributed by atoms with van der Waals surface area (Å²) in [5.41, 5.74) is 0.264. The number of hydrogen-bond acceptors (Lipinski definition) is 3. The van der Waals surface area contributed by atoms with Gasteiger partial charge in [-0.3, -0.25) is 4.79 Å². The predicted molar refractivity (Wildman–Crippen MR) is 65.0 cm³/mol. The molecule has 0 radical (unpaired) electrons. The first kappa shape index (κ1) is 13.3. The number of nitrogens with one attached hydrogen (secondary N) is 1. The number of rotatable bonds is 5. The fraction of sp³-hybridized carbons (Fsp3) is 0.846. The van der Waals surface area contributed by atoms with Gasteiger partial charge in [0, 0.05) is 6.54 Å². The number of carbonyl (C=O) groups is 2. The third-order valence-corrected chi connectivity index (χ3v) is 4.32. The maximum absolute atomic E-state index is 11.9. The number of aliphatic carboxylic acids is 1. The summed E-state index contributed by atoms with van der Waals surface area (Å²) in [6.45, 7) is 5.03. The zero-order valence-corrected chi connectivity index (χ0v) is 10.9. The number of ether oxygens (including phenoxy) is 1. The van der Waals surface area contributed by atoms with E-state index in [0.29, 0.717) is 25.3 Å². The third-order valence-electron chi connectivity index (χ3n) is 4.32. The molecule has 5 heteroatoms. The van der Waals surface area contributed by atoms with Crippen molar-refractivity contribution in [3.63, 3.8) is 0 Å². The molecule has 0 spiro atoms.